The molecule has 19 heavy (non-hydrogen) atoms. The molecule has 104 valence electrons. The fraction of sp³-hybridized carbons (Fsp3) is 0.429. The second-order valence-corrected chi connectivity index (χ2v) is 4.30. The van der Waals surface area contributed by atoms with Gasteiger partial charge >= 0.3 is 0 Å². The fourth-order valence-corrected chi connectivity index (χ4v) is 1.75. The summed E-state index contributed by atoms with van der Waals surface area (Å²) in [6, 6.07) is 9.05. The number of carbonyl (C=O) groups excluding carboxylic acids is 2. The van der Waals surface area contributed by atoms with Crippen LogP contribution in [0.25, 0.3) is 0 Å². The SMILES string of the molecule is CC(=O)NC(CC(=O)NCCCO)c1ccccc1. The van der Waals surface area contributed by atoms with Gasteiger partial charge in [-0.3, -0.25) is 9.59 Å². The van der Waals surface area contributed by atoms with E-state index in [1.807, 2.05) is 30.3 Å². The molecule has 3 N–H and O–H groups in total. The van der Waals surface area contributed by atoms with Crippen molar-refractivity contribution >= 4 is 11.8 Å². The first kappa shape index (κ1) is 15.2. The van der Waals surface area contributed by atoms with Crippen molar-refractivity contribution in [3.05, 3.63) is 35.9 Å². The van der Waals surface area contributed by atoms with Crippen LogP contribution in [-0.2, 0) is 9.59 Å². The Morgan fingerprint density at radius 1 is 1.26 bits per heavy atom. The van der Waals surface area contributed by atoms with Crippen molar-refractivity contribution in [2.75, 3.05) is 13.2 Å². The van der Waals surface area contributed by atoms with Crippen molar-refractivity contribution in [1.29, 1.82) is 0 Å². The predicted molar refractivity (Wildman–Crippen MR) is 72.3 cm³/mol. The van der Waals surface area contributed by atoms with Crippen LogP contribution in [0.1, 0.15) is 31.4 Å². The van der Waals surface area contributed by atoms with Crippen LogP contribution in [0.15, 0.2) is 30.3 Å². The molecule has 0 saturated carbocycles. The van der Waals surface area contributed by atoms with E-state index < -0.39 is 0 Å². The monoisotopic (exact) mass is 264 g/mol. The van der Waals surface area contributed by atoms with E-state index in [4.69, 9.17) is 5.11 Å². The van der Waals surface area contributed by atoms with Crippen LogP contribution in [0.3, 0.4) is 0 Å². The number of amides is 2. The first-order valence-corrected chi connectivity index (χ1v) is 6.33. The molecule has 0 aliphatic carbocycles. The second kappa shape index (κ2) is 8.26. The van der Waals surface area contributed by atoms with Crippen molar-refractivity contribution in [2.24, 2.45) is 0 Å². The molecule has 1 unspecified atom stereocenters. The Morgan fingerprint density at radius 3 is 2.53 bits per heavy atom. The third kappa shape index (κ3) is 6.01. The van der Waals surface area contributed by atoms with Crippen LogP contribution in [-0.4, -0.2) is 30.1 Å². The van der Waals surface area contributed by atoms with Crippen molar-refractivity contribution in [2.45, 2.75) is 25.8 Å². The maximum atomic E-state index is 11.7. The summed E-state index contributed by atoms with van der Waals surface area (Å²) in [4.78, 5) is 22.9. The zero-order chi connectivity index (χ0) is 14.1. The number of aliphatic hydroxyl groups is 1. The van der Waals surface area contributed by atoms with Gasteiger partial charge in [0.15, 0.2) is 0 Å². The third-order valence-electron chi connectivity index (χ3n) is 2.63. The van der Waals surface area contributed by atoms with Crippen molar-refractivity contribution < 1.29 is 14.7 Å². The minimum Gasteiger partial charge on any atom is -0.396 e. The van der Waals surface area contributed by atoms with Gasteiger partial charge in [-0.05, 0) is 12.0 Å². The summed E-state index contributed by atoms with van der Waals surface area (Å²) in [7, 11) is 0. The highest BCUT2D eigenvalue weighted by molar-refractivity contribution is 5.79. The average molecular weight is 264 g/mol. The average Bonchev–Trinajstić information content (AvgIpc) is 2.39. The lowest BCUT2D eigenvalue weighted by Gasteiger charge is -2.18. The highest BCUT2D eigenvalue weighted by Gasteiger charge is 2.16. The third-order valence-corrected chi connectivity index (χ3v) is 2.63. The first-order chi connectivity index (χ1) is 9.13. The number of hydrogen-bond acceptors (Lipinski definition) is 3. The molecule has 5 heteroatoms. The van der Waals surface area contributed by atoms with Gasteiger partial charge in [-0.25, -0.2) is 0 Å². The first-order valence-electron chi connectivity index (χ1n) is 6.33. The lowest BCUT2D eigenvalue weighted by molar-refractivity contribution is -0.122. The number of benzene rings is 1. The highest BCUT2D eigenvalue weighted by atomic mass is 16.3. The molecule has 1 aromatic carbocycles. The van der Waals surface area contributed by atoms with E-state index >= 15 is 0 Å². The molecule has 0 fully saturated rings. The Bertz CT molecular complexity index is 406. The quantitative estimate of drug-likeness (QED) is 0.636. The summed E-state index contributed by atoms with van der Waals surface area (Å²) in [5, 5.41) is 14.1. The predicted octanol–water partition coefficient (Wildman–Crippen LogP) is 0.752. The summed E-state index contributed by atoms with van der Waals surface area (Å²) in [5.74, 6) is -0.312. The van der Waals surface area contributed by atoms with Gasteiger partial charge in [0.2, 0.25) is 11.8 Å². The standard InChI is InChI=1S/C14H20N2O3/c1-11(18)16-13(12-6-3-2-4-7-12)10-14(19)15-8-5-9-17/h2-4,6-7,13,17H,5,8-10H2,1H3,(H,15,19)(H,16,18). The van der Waals surface area contributed by atoms with Gasteiger partial charge in [-0.1, -0.05) is 30.3 Å². The maximum absolute atomic E-state index is 11.7. The van der Waals surface area contributed by atoms with E-state index in [1.54, 1.807) is 0 Å². The molecule has 0 heterocycles. The normalized spacial score (nSPS) is 11.7. The summed E-state index contributed by atoms with van der Waals surface area (Å²) >= 11 is 0. The number of nitrogens with one attached hydrogen (secondary N) is 2. The number of aliphatic hydroxyl groups excluding tert-OH is 1. The summed E-state index contributed by atoms with van der Waals surface area (Å²) in [6.45, 7) is 1.92. The van der Waals surface area contributed by atoms with Crippen molar-refractivity contribution in [1.82, 2.24) is 10.6 Å². The second-order valence-electron chi connectivity index (χ2n) is 4.30. The number of hydrogen-bond donors (Lipinski definition) is 3. The van der Waals surface area contributed by atoms with Crippen LogP contribution in [0.4, 0.5) is 0 Å². The van der Waals surface area contributed by atoms with Crippen molar-refractivity contribution in [3.63, 3.8) is 0 Å². The zero-order valence-corrected chi connectivity index (χ0v) is 11.1. The van der Waals surface area contributed by atoms with Crippen LogP contribution < -0.4 is 10.6 Å². The topological polar surface area (TPSA) is 78.4 Å². The molecule has 2 amide bonds. The van der Waals surface area contributed by atoms with E-state index in [2.05, 4.69) is 10.6 Å². The Morgan fingerprint density at radius 2 is 1.95 bits per heavy atom. The summed E-state index contributed by atoms with van der Waals surface area (Å²) < 4.78 is 0. The maximum Gasteiger partial charge on any atom is 0.222 e. The molecule has 1 atom stereocenters. The van der Waals surface area contributed by atoms with E-state index in [9.17, 15) is 9.59 Å². The van der Waals surface area contributed by atoms with E-state index in [-0.39, 0.29) is 30.9 Å². The Kier molecular flexibility index (Phi) is 6.60. The molecule has 1 rings (SSSR count). The van der Waals surface area contributed by atoms with Gasteiger partial charge < -0.3 is 15.7 Å². The van der Waals surface area contributed by atoms with Crippen LogP contribution >= 0.6 is 0 Å². The minimum absolute atomic E-state index is 0.0497. The van der Waals surface area contributed by atoms with E-state index in [0.717, 1.165) is 5.56 Å². The Hall–Kier alpha value is -1.88. The molecule has 0 saturated heterocycles. The molecular weight excluding hydrogens is 244 g/mol. The van der Waals surface area contributed by atoms with Gasteiger partial charge in [0.25, 0.3) is 0 Å². The highest BCUT2D eigenvalue weighted by Crippen LogP contribution is 2.16. The summed E-state index contributed by atoms with van der Waals surface area (Å²) in [6.07, 6.45) is 0.719. The lowest BCUT2D eigenvalue weighted by atomic mass is 10.0. The van der Waals surface area contributed by atoms with Crippen molar-refractivity contribution in [3.8, 4) is 0 Å². The molecule has 0 spiro atoms. The van der Waals surface area contributed by atoms with Gasteiger partial charge in [-0.15, -0.1) is 0 Å². The van der Waals surface area contributed by atoms with E-state index in [1.165, 1.54) is 6.92 Å². The Balaban J connectivity index is 2.60. The number of rotatable bonds is 7. The van der Waals surface area contributed by atoms with Gasteiger partial charge in [-0.2, -0.15) is 0 Å². The largest absolute Gasteiger partial charge is 0.396 e. The molecule has 5 nitrogen and oxygen atoms in total. The fourth-order valence-electron chi connectivity index (χ4n) is 1.75. The smallest absolute Gasteiger partial charge is 0.222 e. The summed E-state index contributed by atoms with van der Waals surface area (Å²) in [5.41, 5.74) is 0.898. The van der Waals surface area contributed by atoms with Crippen LogP contribution in [0.5, 0.6) is 0 Å². The van der Waals surface area contributed by atoms with Gasteiger partial charge in [0.05, 0.1) is 12.5 Å². The molecule has 0 radical (unpaired) electrons. The molecule has 0 aliphatic rings. The minimum atomic E-state index is -0.326. The molecule has 0 aliphatic heterocycles. The van der Waals surface area contributed by atoms with Crippen LogP contribution in [0.2, 0.25) is 0 Å². The molecule has 1 aromatic rings. The van der Waals surface area contributed by atoms with Gasteiger partial charge in [0.1, 0.15) is 0 Å². The van der Waals surface area contributed by atoms with Gasteiger partial charge in [0, 0.05) is 20.1 Å². The number of carbonyl (C=O) groups is 2. The van der Waals surface area contributed by atoms with Crippen LogP contribution in [0, 0.1) is 0 Å². The van der Waals surface area contributed by atoms with E-state index in [0.29, 0.717) is 13.0 Å². The molecular formula is C14H20N2O3. The molecule has 0 aromatic heterocycles. The lowest BCUT2D eigenvalue weighted by Crippen LogP contribution is -2.33. The molecule has 0 bridgehead atoms. The zero-order valence-electron chi connectivity index (χ0n) is 11.1. The Labute approximate surface area is 113 Å².